The standard InChI is InChI=1S/C24H24ClN9O5S/c1-13(21(39-4)22-27-10-14(25)11-28-22)40(35,36)33-24-32-31-23(19-18-15(8-9-26-18)29-12-30-19)34(24)20-16(37-2)6-5-7-17(20)38-3/h5-13,21,26H,1-4H3,(H,32,33)/t13-,21-/m0/s1. The molecule has 4 aromatic heterocycles. The molecule has 0 aliphatic rings. The Hall–Kier alpha value is -4.34. The molecule has 208 valence electrons. The van der Waals surface area contributed by atoms with Gasteiger partial charge < -0.3 is 19.2 Å². The van der Waals surface area contributed by atoms with Crippen molar-refractivity contribution in [1.29, 1.82) is 0 Å². The summed E-state index contributed by atoms with van der Waals surface area (Å²) in [5.41, 5.74) is 1.93. The van der Waals surface area contributed by atoms with Gasteiger partial charge in [-0.05, 0) is 25.1 Å². The number of halogens is 1. The highest BCUT2D eigenvalue weighted by Gasteiger charge is 2.35. The molecule has 2 atom stereocenters. The van der Waals surface area contributed by atoms with Gasteiger partial charge in [-0.1, -0.05) is 17.7 Å². The van der Waals surface area contributed by atoms with Gasteiger partial charge in [-0.15, -0.1) is 10.2 Å². The van der Waals surface area contributed by atoms with Crippen molar-refractivity contribution in [3.63, 3.8) is 0 Å². The fraction of sp³-hybridized carbons (Fsp3) is 0.250. The van der Waals surface area contributed by atoms with Gasteiger partial charge in [-0.2, -0.15) is 0 Å². The van der Waals surface area contributed by atoms with Gasteiger partial charge in [-0.3, -0.25) is 9.29 Å². The molecule has 0 spiro atoms. The minimum Gasteiger partial charge on any atom is -0.494 e. The number of nitrogens with one attached hydrogen (secondary N) is 2. The molecule has 0 unspecified atom stereocenters. The molecule has 1 aromatic carbocycles. The van der Waals surface area contributed by atoms with Crippen LogP contribution in [0.5, 0.6) is 11.5 Å². The van der Waals surface area contributed by atoms with Gasteiger partial charge in [0.1, 0.15) is 40.6 Å². The van der Waals surface area contributed by atoms with Crippen LogP contribution in [0.25, 0.3) is 28.2 Å². The Morgan fingerprint density at radius 2 is 1.70 bits per heavy atom. The van der Waals surface area contributed by atoms with Crippen LogP contribution in [-0.4, -0.2) is 74.7 Å². The summed E-state index contributed by atoms with van der Waals surface area (Å²) in [6, 6.07) is 6.91. The van der Waals surface area contributed by atoms with Crippen LogP contribution in [0.15, 0.2) is 49.2 Å². The Morgan fingerprint density at radius 1 is 1.00 bits per heavy atom. The first-order chi connectivity index (χ1) is 19.3. The highest BCUT2D eigenvalue weighted by Crippen LogP contribution is 2.38. The number of anilines is 1. The lowest BCUT2D eigenvalue weighted by atomic mass is 10.2. The highest BCUT2D eigenvalue weighted by molar-refractivity contribution is 7.93. The number of H-pyrrole nitrogens is 1. The van der Waals surface area contributed by atoms with E-state index >= 15 is 0 Å². The van der Waals surface area contributed by atoms with Gasteiger partial charge in [0.25, 0.3) is 0 Å². The first kappa shape index (κ1) is 27.2. The summed E-state index contributed by atoms with van der Waals surface area (Å²) in [4.78, 5) is 20.0. The zero-order valence-corrected chi connectivity index (χ0v) is 23.3. The maximum atomic E-state index is 13.7. The number of aromatic nitrogens is 8. The van der Waals surface area contributed by atoms with E-state index in [0.717, 1.165) is 0 Å². The molecule has 5 aromatic rings. The van der Waals surface area contributed by atoms with Gasteiger partial charge in [0, 0.05) is 25.7 Å². The van der Waals surface area contributed by atoms with Crippen LogP contribution in [0.3, 0.4) is 0 Å². The van der Waals surface area contributed by atoms with Crippen LogP contribution in [0.2, 0.25) is 5.02 Å². The second-order valence-electron chi connectivity index (χ2n) is 8.42. The monoisotopic (exact) mass is 585 g/mol. The summed E-state index contributed by atoms with van der Waals surface area (Å²) < 4.78 is 48.1. The lowest BCUT2D eigenvalue weighted by Crippen LogP contribution is -2.33. The molecule has 14 nitrogen and oxygen atoms in total. The number of aromatic amines is 1. The minimum absolute atomic E-state index is 0.144. The summed E-state index contributed by atoms with van der Waals surface area (Å²) in [6.45, 7) is 1.46. The summed E-state index contributed by atoms with van der Waals surface area (Å²) in [7, 11) is 0.147. The first-order valence-corrected chi connectivity index (χ1v) is 13.7. The average molecular weight is 586 g/mol. The maximum absolute atomic E-state index is 13.7. The third-order valence-electron chi connectivity index (χ3n) is 6.14. The Morgan fingerprint density at radius 3 is 2.35 bits per heavy atom. The average Bonchev–Trinajstić information content (AvgIpc) is 3.60. The van der Waals surface area contributed by atoms with E-state index in [0.29, 0.717) is 38.9 Å². The minimum atomic E-state index is -4.19. The zero-order chi connectivity index (χ0) is 28.4. The molecule has 0 fully saturated rings. The smallest absolute Gasteiger partial charge is 0.243 e. The molecular formula is C24H24ClN9O5S. The van der Waals surface area contributed by atoms with Crippen LogP contribution < -0.4 is 14.2 Å². The maximum Gasteiger partial charge on any atom is 0.243 e. The Labute approximate surface area is 233 Å². The van der Waals surface area contributed by atoms with Gasteiger partial charge in [0.05, 0.1) is 30.3 Å². The second-order valence-corrected chi connectivity index (χ2v) is 10.9. The van der Waals surface area contributed by atoms with E-state index in [4.69, 9.17) is 25.8 Å². The molecule has 0 aliphatic carbocycles. The summed E-state index contributed by atoms with van der Waals surface area (Å²) in [6.07, 6.45) is 4.80. The quantitative estimate of drug-likeness (QED) is 0.246. The zero-order valence-electron chi connectivity index (χ0n) is 21.7. The van der Waals surface area contributed by atoms with E-state index in [1.54, 1.807) is 30.5 Å². The van der Waals surface area contributed by atoms with Gasteiger partial charge in [0.15, 0.2) is 11.6 Å². The van der Waals surface area contributed by atoms with E-state index < -0.39 is 21.4 Å². The molecule has 0 aliphatic heterocycles. The van der Waals surface area contributed by atoms with Crippen LogP contribution in [0, 0.1) is 0 Å². The molecule has 40 heavy (non-hydrogen) atoms. The number of benzene rings is 1. The predicted octanol–water partition coefficient (Wildman–Crippen LogP) is 3.18. The molecule has 0 radical (unpaired) electrons. The normalized spacial score (nSPS) is 13.2. The number of nitrogens with zero attached hydrogens (tertiary/aromatic N) is 7. The van der Waals surface area contributed by atoms with Crippen molar-refractivity contribution in [1.82, 2.24) is 39.7 Å². The molecule has 0 amide bonds. The number of hydrogen-bond acceptors (Lipinski definition) is 11. The molecule has 5 rings (SSSR count). The Bertz CT molecular complexity index is 1740. The van der Waals surface area contributed by atoms with Gasteiger partial charge in [0.2, 0.25) is 16.0 Å². The molecule has 16 heteroatoms. The van der Waals surface area contributed by atoms with Crippen LogP contribution >= 0.6 is 11.6 Å². The molecule has 0 saturated heterocycles. The van der Waals surface area contributed by atoms with E-state index in [1.165, 1.54) is 51.5 Å². The van der Waals surface area contributed by atoms with Crippen molar-refractivity contribution in [2.24, 2.45) is 0 Å². The lowest BCUT2D eigenvalue weighted by molar-refractivity contribution is 0.0950. The van der Waals surface area contributed by atoms with E-state index in [1.807, 2.05) is 0 Å². The Kier molecular flexibility index (Phi) is 7.51. The molecule has 4 heterocycles. The van der Waals surface area contributed by atoms with E-state index in [9.17, 15) is 8.42 Å². The van der Waals surface area contributed by atoms with Crippen LogP contribution in [0.4, 0.5) is 5.95 Å². The van der Waals surface area contributed by atoms with Gasteiger partial charge >= 0.3 is 0 Å². The fourth-order valence-electron chi connectivity index (χ4n) is 4.17. The number of para-hydroxylation sites is 1. The van der Waals surface area contributed by atoms with Crippen molar-refractivity contribution >= 4 is 38.6 Å². The Balaban J connectivity index is 1.66. The highest BCUT2D eigenvalue weighted by atomic mass is 35.5. The van der Waals surface area contributed by atoms with E-state index in [2.05, 4.69) is 39.8 Å². The number of fused-ring (bicyclic) bond motifs is 1. The van der Waals surface area contributed by atoms with Crippen molar-refractivity contribution in [3.05, 3.63) is 60.0 Å². The first-order valence-electron chi connectivity index (χ1n) is 11.8. The lowest BCUT2D eigenvalue weighted by Gasteiger charge is -2.22. The summed E-state index contributed by atoms with van der Waals surface area (Å²) in [5.74, 6) is 0.945. The van der Waals surface area contributed by atoms with Gasteiger partial charge in [-0.25, -0.2) is 28.4 Å². The number of rotatable bonds is 10. The fourth-order valence-corrected chi connectivity index (χ4v) is 5.40. The summed E-state index contributed by atoms with van der Waals surface area (Å²) in [5, 5.41) is 7.65. The third kappa shape index (κ3) is 4.89. The van der Waals surface area contributed by atoms with Crippen molar-refractivity contribution < 1.29 is 22.6 Å². The number of hydrogen-bond donors (Lipinski definition) is 2. The predicted molar refractivity (Wildman–Crippen MR) is 146 cm³/mol. The molecular weight excluding hydrogens is 562 g/mol. The molecule has 0 saturated carbocycles. The van der Waals surface area contributed by atoms with E-state index in [-0.39, 0.29) is 17.6 Å². The van der Waals surface area contributed by atoms with Crippen LogP contribution in [-0.2, 0) is 14.8 Å². The number of ether oxygens (including phenoxy) is 3. The van der Waals surface area contributed by atoms with Crippen molar-refractivity contribution in [2.75, 3.05) is 26.1 Å². The van der Waals surface area contributed by atoms with Crippen molar-refractivity contribution in [2.45, 2.75) is 18.3 Å². The number of sulfonamides is 1. The third-order valence-corrected chi connectivity index (χ3v) is 8.03. The largest absolute Gasteiger partial charge is 0.494 e. The molecule has 2 N–H and O–H groups in total. The molecule has 0 bridgehead atoms. The second kappa shape index (κ2) is 11.0. The number of methoxy groups -OCH3 is 3. The SMILES string of the molecule is COc1cccc(OC)c1-n1c(NS(=O)(=O)[C@@H](C)[C@H](OC)c2ncc(Cl)cn2)nnc1-c1ncnc2cc[nH]c12. The summed E-state index contributed by atoms with van der Waals surface area (Å²) >= 11 is 5.90. The topological polar surface area (TPSA) is 172 Å². The van der Waals surface area contributed by atoms with Crippen LogP contribution in [0.1, 0.15) is 18.9 Å². The van der Waals surface area contributed by atoms with Crippen molar-refractivity contribution in [3.8, 4) is 28.7 Å².